The molecule has 0 radical (unpaired) electrons. The van der Waals surface area contributed by atoms with Gasteiger partial charge in [-0.1, -0.05) is 6.92 Å². The molecule has 0 spiro atoms. The Kier molecular flexibility index (Phi) is 7.74. The number of carbonyl (C=O) groups excluding carboxylic acids is 1. The van der Waals surface area contributed by atoms with E-state index in [1.807, 2.05) is 18.4 Å². The molecule has 2 amide bonds. The topological polar surface area (TPSA) is 69.6 Å². The summed E-state index contributed by atoms with van der Waals surface area (Å²) in [6.07, 6.45) is 1.61. The van der Waals surface area contributed by atoms with Gasteiger partial charge in [0.1, 0.15) is 0 Å². The van der Waals surface area contributed by atoms with Gasteiger partial charge in [0.05, 0.1) is 3.79 Å². The van der Waals surface area contributed by atoms with Gasteiger partial charge in [-0.3, -0.25) is 4.79 Å². The van der Waals surface area contributed by atoms with E-state index in [1.165, 1.54) is 0 Å². The highest BCUT2D eigenvalue weighted by atomic mass is 79.9. The van der Waals surface area contributed by atoms with Crippen molar-refractivity contribution in [3.63, 3.8) is 0 Å². The summed E-state index contributed by atoms with van der Waals surface area (Å²) in [7, 11) is 1.76. The first kappa shape index (κ1) is 18.0. The Morgan fingerprint density at radius 2 is 2.19 bits per heavy atom. The lowest BCUT2D eigenvalue weighted by molar-refractivity contribution is -0.137. The number of carbonyl (C=O) groups is 2. The lowest BCUT2D eigenvalue weighted by atomic mass is 10.0. The van der Waals surface area contributed by atoms with Crippen LogP contribution in [0, 0.1) is 5.92 Å². The maximum Gasteiger partial charge on any atom is 0.317 e. The zero-order chi connectivity index (χ0) is 15.8. The summed E-state index contributed by atoms with van der Waals surface area (Å²) in [6.45, 7) is 3.14. The highest BCUT2D eigenvalue weighted by Crippen LogP contribution is 2.21. The van der Waals surface area contributed by atoms with Gasteiger partial charge < -0.3 is 15.3 Å². The van der Waals surface area contributed by atoms with Gasteiger partial charge in [-0.25, -0.2) is 4.79 Å². The molecule has 7 heteroatoms. The van der Waals surface area contributed by atoms with E-state index in [-0.39, 0.29) is 12.5 Å². The molecule has 0 saturated carbocycles. The predicted molar refractivity (Wildman–Crippen MR) is 87.5 cm³/mol. The third-order valence-corrected chi connectivity index (χ3v) is 4.71. The molecule has 1 aromatic rings. The Labute approximate surface area is 137 Å². The molecule has 1 aromatic heterocycles. The molecule has 0 aliphatic heterocycles. The monoisotopic (exact) mass is 376 g/mol. The van der Waals surface area contributed by atoms with Gasteiger partial charge in [-0.05, 0) is 51.7 Å². The van der Waals surface area contributed by atoms with E-state index < -0.39 is 5.97 Å². The highest BCUT2D eigenvalue weighted by molar-refractivity contribution is 9.11. The Bertz CT molecular complexity index is 479. The van der Waals surface area contributed by atoms with E-state index in [1.54, 1.807) is 23.3 Å². The van der Waals surface area contributed by atoms with Crippen LogP contribution in [0.15, 0.2) is 15.2 Å². The van der Waals surface area contributed by atoms with Crippen molar-refractivity contribution in [2.24, 2.45) is 5.92 Å². The second-order valence-corrected chi connectivity index (χ2v) is 7.46. The molecule has 1 rings (SSSR count). The maximum absolute atomic E-state index is 11.9. The second kappa shape index (κ2) is 9.04. The minimum atomic E-state index is -0.771. The Morgan fingerprint density at radius 1 is 1.48 bits per heavy atom. The third kappa shape index (κ3) is 7.47. The van der Waals surface area contributed by atoms with Crippen LogP contribution >= 0.6 is 27.3 Å². The van der Waals surface area contributed by atoms with Crippen LogP contribution in [0.5, 0.6) is 0 Å². The highest BCUT2D eigenvalue weighted by Gasteiger charge is 2.11. The minimum absolute atomic E-state index is 0.109. The van der Waals surface area contributed by atoms with Gasteiger partial charge in [0.25, 0.3) is 0 Å². The standard InChI is InChI=1S/C14H21BrN2O3S/c1-10(3-4-13(18)19)5-6-16-14(20)17(2)8-11-7-12(15)21-9-11/h7,9-10H,3-6,8H2,1-2H3,(H,16,20)(H,18,19). The normalized spacial score (nSPS) is 12.0. The number of amides is 2. The van der Waals surface area contributed by atoms with E-state index in [0.29, 0.717) is 25.4 Å². The van der Waals surface area contributed by atoms with Crippen molar-refractivity contribution in [1.82, 2.24) is 10.2 Å². The summed E-state index contributed by atoms with van der Waals surface area (Å²) in [5.41, 5.74) is 1.10. The van der Waals surface area contributed by atoms with Crippen LogP contribution < -0.4 is 5.32 Å². The fraction of sp³-hybridized carbons (Fsp3) is 0.571. The average molecular weight is 377 g/mol. The van der Waals surface area contributed by atoms with E-state index in [9.17, 15) is 9.59 Å². The molecule has 0 aliphatic carbocycles. The fourth-order valence-electron chi connectivity index (χ4n) is 1.85. The third-order valence-electron chi connectivity index (χ3n) is 3.15. The van der Waals surface area contributed by atoms with Crippen molar-refractivity contribution in [3.8, 4) is 0 Å². The summed E-state index contributed by atoms with van der Waals surface area (Å²) in [5.74, 6) is -0.480. The number of halogens is 1. The molecule has 5 nitrogen and oxygen atoms in total. The second-order valence-electron chi connectivity index (χ2n) is 5.17. The zero-order valence-electron chi connectivity index (χ0n) is 12.3. The number of hydrogen-bond donors (Lipinski definition) is 2. The van der Waals surface area contributed by atoms with Gasteiger partial charge in [-0.2, -0.15) is 0 Å². The molecular formula is C14H21BrN2O3S. The van der Waals surface area contributed by atoms with E-state index in [0.717, 1.165) is 15.8 Å². The van der Waals surface area contributed by atoms with Crippen LogP contribution in [0.1, 0.15) is 31.7 Å². The smallest absolute Gasteiger partial charge is 0.317 e. The molecule has 0 fully saturated rings. The molecule has 0 aliphatic rings. The zero-order valence-corrected chi connectivity index (χ0v) is 14.7. The van der Waals surface area contributed by atoms with Crippen molar-refractivity contribution in [2.75, 3.05) is 13.6 Å². The molecule has 0 aromatic carbocycles. The van der Waals surface area contributed by atoms with E-state index in [4.69, 9.17) is 5.11 Å². The first-order valence-corrected chi connectivity index (χ1v) is 8.49. The molecule has 118 valence electrons. The molecular weight excluding hydrogens is 356 g/mol. The first-order valence-electron chi connectivity index (χ1n) is 6.82. The summed E-state index contributed by atoms with van der Waals surface area (Å²) >= 11 is 5.00. The SMILES string of the molecule is CC(CCNC(=O)N(C)Cc1csc(Br)c1)CCC(=O)O. The number of aliphatic carboxylic acids is 1. The van der Waals surface area contributed by atoms with Crippen molar-refractivity contribution in [2.45, 2.75) is 32.7 Å². The number of carboxylic acids is 1. The Morgan fingerprint density at radius 3 is 2.76 bits per heavy atom. The van der Waals surface area contributed by atoms with Crippen molar-refractivity contribution >= 4 is 39.3 Å². The van der Waals surface area contributed by atoms with Crippen LogP contribution in [-0.2, 0) is 11.3 Å². The number of nitrogens with one attached hydrogen (secondary N) is 1. The van der Waals surface area contributed by atoms with Gasteiger partial charge >= 0.3 is 12.0 Å². The summed E-state index contributed by atoms with van der Waals surface area (Å²) in [4.78, 5) is 24.0. The summed E-state index contributed by atoms with van der Waals surface area (Å²) in [6, 6.07) is 1.89. The molecule has 1 heterocycles. The van der Waals surface area contributed by atoms with E-state index in [2.05, 4.69) is 21.2 Å². The summed E-state index contributed by atoms with van der Waals surface area (Å²) in [5, 5.41) is 13.5. The minimum Gasteiger partial charge on any atom is -0.481 e. The van der Waals surface area contributed by atoms with Crippen LogP contribution in [0.4, 0.5) is 4.79 Å². The number of nitrogens with zero attached hydrogens (tertiary/aromatic N) is 1. The van der Waals surface area contributed by atoms with Crippen LogP contribution in [-0.4, -0.2) is 35.6 Å². The maximum atomic E-state index is 11.9. The molecule has 2 N–H and O–H groups in total. The molecule has 0 saturated heterocycles. The lowest BCUT2D eigenvalue weighted by Crippen LogP contribution is -2.37. The number of thiophene rings is 1. The number of rotatable bonds is 8. The average Bonchev–Trinajstić information content (AvgIpc) is 2.81. The van der Waals surface area contributed by atoms with Gasteiger partial charge in [0, 0.05) is 26.6 Å². The summed E-state index contributed by atoms with van der Waals surface area (Å²) < 4.78 is 1.05. The van der Waals surface area contributed by atoms with Crippen LogP contribution in [0.3, 0.4) is 0 Å². The number of hydrogen-bond acceptors (Lipinski definition) is 3. The molecule has 21 heavy (non-hydrogen) atoms. The quantitative estimate of drug-likeness (QED) is 0.728. The van der Waals surface area contributed by atoms with E-state index >= 15 is 0 Å². The Hall–Kier alpha value is -1.08. The van der Waals surface area contributed by atoms with Crippen molar-refractivity contribution in [3.05, 3.63) is 20.8 Å². The van der Waals surface area contributed by atoms with Crippen molar-refractivity contribution < 1.29 is 14.7 Å². The van der Waals surface area contributed by atoms with Crippen LogP contribution in [0.2, 0.25) is 0 Å². The Balaban J connectivity index is 2.22. The fourth-order valence-corrected chi connectivity index (χ4v) is 3.05. The molecule has 1 atom stereocenters. The molecule has 1 unspecified atom stereocenters. The largest absolute Gasteiger partial charge is 0.481 e. The van der Waals surface area contributed by atoms with Crippen LogP contribution in [0.25, 0.3) is 0 Å². The van der Waals surface area contributed by atoms with Gasteiger partial charge in [0.2, 0.25) is 0 Å². The lowest BCUT2D eigenvalue weighted by Gasteiger charge is -2.18. The number of carboxylic acid groups (broad SMARTS) is 1. The first-order chi connectivity index (χ1) is 9.88. The van der Waals surface area contributed by atoms with Crippen molar-refractivity contribution in [1.29, 1.82) is 0 Å². The predicted octanol–water partition coefficient (Wildman–Crippen LogP) is 3.54. The van der Waals surface area contributed by atoms with Gasteiger partial charge in [0.15, 0.2) is 0 Å². The van der Waals surface area contributed by atoms with Gasteiger partial charge in [-0.15, -0.1) is 11.3 Å². The molecule has 0 bridgehead atoms. The number of urea groups is 1.